The quantitative estimate of drug-likeness (QED) is 0.201. The molecule has 1 saturated heterocycles. The Morgan fingerprint density at radius 1 is 1.03 bits per heavy atom. The summed E-state index contributed by atoms with van der Waals surface area (Å²) in [5, 5.41) is 15.8. The van der Waals surface area contributed by atoms with Crippen molar-refractivity contribution in [2.24, 2.45) is 5.10 Å². The zero-order valence-corrected chi connectivity index (χ0v) is 21.8. The number of benzene rings is 4. The number of rotatable bonds is 8. The molecule has 0 radical (unpaired) electrons. The smallest absolute Gasteiger partial charge is 0.271 e. The van der Waals surface area contributed by atoms with Gasteiger partial charge in [0, 0.05) is 29.1 Å². The fraction of sp³-hybridized carbons (Fsp3) is 0.226. The molecule has 1 unspecified atom stereocenters. The van der Waals surface area contributed by atoms with Gasteiger partial charge < -0.3 is 9.84 Å². The highest BCUT2D eigenvalue weighted by atomic mass is 35.5. The summed E-state index contributed by atoms with van der Waals surface area (Å²) >= 11 is 5.90. The molecule has 5 rings (SSSR count). The van der Waals surface area contributed by atoms with Gasteiger partial charge in [-0.3, -0.25) is 9.69 Å². The first-order valence-corrected chi connectivity index (χ1v) is 13.2. The van der Waals surface area contributed by atoms with Crippen molar-refractivity contribution in [2.45, 2.75) is 25.3 Å². The number of nitrogens with zero attached hydrogens (tertiary/aromatic N) is 2. The van der Waals surface area contributed by atoms with Gasteiger partial charge in [0.1, 0.15) is 18.1 Å². The molecule has 1 atom stereocenters. The third kappa shape index (κ3) is 5.98. The lowest BCUT2D eigenvalue weighted by Crippen LogP contribution is -2.36. The van der Waals surface area contributed by atoms with Crippen molar-refractivity contribution >= 4 is 34.5 Å². The predicted molar refractivity (Wildman–Crippen MR) is 152 cm³/mol. The van der Waals surface area contributed by atoms with Crippen molar-refractivity contribution in [3.63, 3.8) is 0 Å². The largest absolute Gasteiger partial charge is 0.506 e. The van der Waals surface area contributed by atoms with E-state index >= 15 is 0 Å². The molecular weight excluding hydrogens is 498 g/mol. The number of phenols is 1. The molecular formula is C31H30ClN3O3. The fourth-order valence-corrected chi connectivity index (χ4v) is 5.17. The Hall–Kier alpha value is -3.87. The number of aromatic hydroxyl groups is 1. The highest BCUT2D eigenvalue weighted by Gasteiger charge is 2.23. The molecule has 0 aromatic heterocycles. The normalized spacial score (nSPS) is 16.1. The number of likely N-dealkylation sites (tertiary alicyclic amines) is 1. The maximum Gasteiger partial charge on any atom is 0.271 e. The van der Waals surface area contributed by atoms with Crippen LogP contribution in [0.4, 0.5) is 0 Å². The lowest BCUT2D eigenvalue weighted by Gasteiger charge is -2.36. The van der Waals surface area contributed by atoms with Gasteiger partial charge in [-0.25, -0.2) is 5.43 Å². The number of piperidine rings is 1. The summed E-state index contributed by atoms with van der Waals surface area (Å²) in [6.07, 6.45) is 5.27. The van der Waals surface area contributed by atoms with Crippen LogP contribution in [0.5, 0.6) is 11.5 Å². The average molecular weight is 528 g/mol. The number of hydrogen-bond acceptors (Lipinski definition) is 5. The summed E-state index contributed by atoms with van der Waals surface area (Å²) in [6.45, 7) is 2.55. The fourth-order valence-electron chi connectivity index (χ4n) is 4.99. The van der Waals surface area contributed by atoms with Gasteiger partial charge in [-0.15, -0.1) is 0 Å². The molecule has 1 fully saturated rings. The Bertz CT molecular complexity index is 1440. The molecule has 194 valence electrons. The molecule has 4 aromatic rings. The first kappa shape index (κ1) is 25.8. The first-order valence-electron chi connectivity index (χ1n) is 12.9. The van der Waals surface area contributed by atoms with Gasteiger partial charge in [-0.05, 0) is 60.7 Å². The van der Waals surface area contributed by atoms with E-state index in [1.165, 1.54) is 43.0 Å². The summed E-state index contributed by atoms with van der Waals surface area (Å²) < 4.78 is 6.29. The Balaban J connectivity index is 1.25. The van der Waals surface area contributed by atoms with Crippen LogP contribution in [0.3, 0.4) is 0 Å². The van der Waals surface area contributed by atoms with E-state index in [9.17, 15) is 9.90 Å². The van der Waals surface area contributed by atoms with E-state index in [1.54, 1.807) is 6.21 Å². The molecule has 1 amide bonds. The van der Waals surface area contributed by atoms with Crippen LogP contribution in [0.2, 0.25) is 5.02 Å². The summed E-state index contributed by atoms with van der Waals surface area (Å²) in [5.41, 5.74) is 5.06. The van der Waals surface area contributed by atoms with E-state index in [4.69, 9.17) is 16.3 Å². The Morgan fingerprint density at radius 2 is 1.82 bits per heavy atom. The Labute approximate surface area is 227 Å². The summed E-state index contributed by atoms with van der Waals surface area (Å²) in [5.74, 6) is 0.333. The molecule has 1 heterocycles. The lowest BCUT2D eigenvalue weighted by molar-refractivity contribution is 0.0955. The van der Waals surface area contributed by atoms with Crippen LogP contribution in [0.15, 0.2) is 90.0 Å². The minimum atomic E-state index is -0.418. The molecule has 38 heavy (non-hydrogen) atoms. The van der Waals surface area contributed by atoms with Crippen molar-refractivity contribution in [1.82, 2.24) is 10.3 Å². The monoisotopic (exact) mass is 527 g/mol. The van der Waals surface area contributed by atoms with Crippen LogP contribution in [0, 0.1) is 0 Å². The van der Waals surface area contributed by atoms with Crippen molar-refractivity contribution in [2.75, 3.05) is 19.7 Å². The average Bonchev–Trinajstić information content (AvgIpc) is 2.96. The molecule has 0 aliphatic carbocycles. The van der Waals surface area contributed by atoms with Crippen LogP contribution >= 0.6 is 11.6 Å². The zero-order chi connectivity index (χ0) is 26.3. The first-order chi connectivity index (χ1) is 18.6. The van der Waals surface area contributed by atoms with Crippen molar-refractivity contribution in [1.29, 1.82) is 0 Å². The number of fused-ring (bicyclic) bond motifs is 1. The van der Waals surface area contributed by atoms with E-state index in [-0.39, 0.29) is 10.8 Å². The number of ether oxygens (including phenoxy) is 1. The number of halogens is 1. The number of carbonyl (C=O) groups excluding carboxylic acids is 1. The number of hydrazone groups is 1. The second-order valence-electron chi connectivity index (χ2n) is 9.37. The maximum absolute atomic E-state index is 12.4. The van der Waals surface area contributed by atoms with Gasteiger partial charge in [0.25, 0.3) is 5.91 Å². The van der Waals surface area contributed by atoms with E-state index < -0.39 is 5.91 Å². The van der Waals surface area contributed by atoms with E-state index in [0.29, 0.717) is 18.2 Å². The van der Waals surface area contributed by atoms with Crippen LogP contribution in [-0.2, 0) is 0 Å². The standard InChI is InChI=1S/C31H30ClN3O3/c32-27-20-23(13-15-29(27)36)31(37)34-33-21-24-14-16-30(26-11-5-4-10-25(24)26)38-19-18-35-17-7-6-12-28(35)22-8-2-1-3-9-22/h1-5,8-11,13-16,20-21,28,36H,6-7,12,17-19H2,(H,34,37)/b33-21+. The van der Waals surface area contributed by atoms with Crippen LogP contribution < -0.4 is 10.2 Å². The Kier molecular flexibility index (Phi) is 8.22. The number of carbonyl (C=O) groups is 1. The molecule has 0 spiro atoms. The Morgan fingerprint density at radius 3 is 2.63 bits per heavy atom. The molecule has 4 aromatic carbocycles. The predicted octanol–water partition coefficient (Wildman–Crippen LogP) is 6.57. The highest BCUT2D eigenvalue weighted by Crippen LogP contribution is 2.31. The summed E-state index contributed by atoms with van der Waals surface area (Å²) in [6, 6.07) is 27.3. The zero-order valence-electron chi connectivity index (χ0n) is 21.0. The summed E-state index contributed by atoms with van der Waals surface area (Å²) in [7, 11) is 0. The topological polar surface area (TPSA) is 74.2 Å². The lowest BCUT2D eigenvalue weighted by atomic mass is 9.95. The maximum atomic E-state index is 12.4. The highest BCUT2D eigenvalue weighted by molar-refractivity contribution is 6.32. The number of amides is 1. The third-order valence-electron chi connectivity index (χ3n) is 6.93. The van der Waals surface area contributed by atoms with Gasteiger partial charge in [-0.2, -0.15) is 5.10 Å². The van der Waals surface area contributed by atoms with Crippen LogP contribution in [-0.4, -0.2) is 41.8 Å². The van der Waals surface area contributed by atoms with Crippen molar-refractivity contribution in [3.05, 3.63) is 107 Å². The van der Waals surface area contributed by atoms with E-state index in [2.05, 4.69) is 45.8 Å². The minimum Gasteiger partial charge on any atom is -0.506 e. The van der Waals surface area contributed by atoms with Crippen LogP contribution in [0.25, 0.3) is 10.8 Å². The summed E-state index contributed by atoms with van der Waals surface area (Å²) in [4.78, 5) is 14.9. The van der Waals surface area contributed by atoms with Gasteiger partial charge >= 0.3 is 0 Å². The molecule has 0 saturated carbocycles. The molecule has 7 heteroatoms. The molecule has 1 aliphatic rings. The SMILES string of the molecule is O=C(N/N=C/c1ccc(OCCN2CCCCC2c2ccccc2)c2ccccc12)c1ccc(O)c(Cl)c1. The van der Waals surface area contributed by atoms with Gasteiger partial charge in [0.2, 0.25) is 0 Å². The van der Waals surface area contributed by atoms with Crippen LogP contribution in [0.1, 0.15) is 46.8 Å². The second-order valence-corrected chi connectivity index (χ2v) is 9.78. The second kappa shape index (κ2) is 12.1. The third-order valence-corrected chi connectivity index (χ3v) is 7.23. The van der Waals surface area contributed by atoms with Gasteiger partial charge in [0.05, 0.1) is 11.2 Å². The van der Waals surface area contributed by atoms with Crippen molar-refractivity contribution < 1.29 is 14.6 Å². The number of hydrogen-bond donors (Lipinski definition) is 2. The molecule has 6 nitrogen and oxygen atoms in total. The van der Waals surface area contributed by atoms with E-state index in [1.807, 2.05) is 36.4 Å². The number of phenolic OH excluding ortho intramolecular Hbond substituents is 1. The molecule has 0 bridgehead atoms. The molecule has 1 aliphatic heterocycles. The molecule has 2 N–H and O–H groups in total. The number of nitrogens with one attached hydrogen (secondary N) is 1. The van der Waals surface area contributed by atoms with Gasteiger partial charge in [-0.1, -0.05) is 72.6 Å². The van der Waals surface area contributed by atoms with E-state index in [0.717, 1.165) is 35.2 Å². The van der Waals surface area contributed by atoms with Crippen molar-refractivity contribution in [3.8, 4) is 11.5 Å². The van der Waals surface area contributed by atoms with Gasteiger partial charge in [0.15, 0.2) is 0 Å². The minimum absolute atomic E-state index is 0.0764.